The third-order valence-electron chi connectivity index (χ3n) is 13.7. The molecule has 93 heavy (non-hydrogen) atoms. The molecule has 0 aliphatic rings. The van der Waals surface area contributed by atoms with Crippen molar-refractivity contribution in [2.24, 2.45) is 0 Å². The number of carbonyl (C=O) groups is 5. The zero-order valence-corrected chi connectivity index (χ0v) is 58.7. The van der Waals surface area contributed by atoms with Crippen LogP contribution >= 0.6 is 46.4 Å². The van der Waals surface area contributed by atoms with E-state index in [0.29, 0.717) is 70.9 Å². The first kappa shape index (κ1) is 77.3. The van der Waals surface area contributed by atoms with E-state index in [2.05, 4.69) is 21.3 Å². The number of carbonyl (C=O) groups excluding carboxylic acids is 2. The Morgan fingerprint density at radius 2 is 0.957 bits per heavy atom. The van der Waals surface area contributed by atoms with E-state index in [1.54, 1.807) is 128 Å². The number of hydrogen-bond acceptors (Lipinski definition) is 11. The van der Waals surface area contributed by atoms with Crippen molar-refractivity contribution in [3.05, 3.63) is 294 Å². The molecule has 0 aliphatic heterocycles. The third-order valence-corrected chi connectivity index (χ3v) is 15.1. The number of para-hydroxylation sites is 5. The van der Waals surface area contributed by atoms with Gasteiger partial charge in [0.1, 0.15) is 5.82 Å². The van der Waals surface area contributed by atoms with Gasteiger partial charge < -0.3 is 56.4 Å². The van der Waals surface area contributed by atoms with Gasteiger partial charge in [-0.25, -0.2) is 14.0 Å². The number of halogens is 5. The van der Waals surface area contributed by atoms with Crippen molar-refractivity contribution in [3.8, 4) is 11.1 Å². The van der Waals surface area contributed by atoms with Crippen LogP contribution in [0.4, 0.5) is 49.9 Å². The van der Waals surface area contributed by atoms with Crippen LogP contribution in [0.2, 0.25) is 20.1 Å². The quantitative estimate of drug-likeness (QED) is 0.0446. The van der Waals surface area contributed by atoms with Gasteiger partial charge in [-0.3, -0.25) is 4.79 Å². The van der Waals surface area contributed by atoms with Gasteiger partial charge in [0.25, 0.3) is 0 Å². The maximum absolute atomic E-state index is 14.0. The summed E-state index contributed by atoms with van der Waals surface area (Å²) in [6.07, 6.45) is -0.175. The Hall–Kier alpha value is -8.16. The van der Waals surface area contributed by atoms with Crippen molar-refractivity contribution in [1.29, 1.82) is 0 Å². The molecular formula is C72H61Cl4FN4Na2O10. The number of hydrogen-bond donors (Lipinski definition) is 7. The Bertz CT molecular complexity index is 4200. The number of benzene rings is 10. The molecule has 0 saturated heterocycles. The number of aryl methyl sites for hydroxylation is 3. The van der Waals surface area contributed by atoms with Crippen LogP contribution in [0.25, 0.3) is 11.1 Å². The summed E-state index contributed by atoms with van der Waals surface area (Å²) in [5.41, 5.74) is 12.3. The average Bonchev–Trinajstić information content (AvgIpc) is 0.965. The van der Waals surface area contributed by atoms with Gasteiger partial charge in [0.05, 0.1) is 65.9 Å². The summed E-state index contributed by atoms with van der Waals surface area (Å²) in [7, 11) is 0. The summed E-state index contributed by atoms with van der Waals surface area (Å²) in [5, 5.41) is 62.9. The molecule has 14 nitrogen and oxygen atoms in total. The minimum Gasteiger partial charge on any atom is -0.550 e. The summed E-state index contributed by atoms with van der Waals surface area (Å²) in [6, 6.07) is 63.3. The Labute approximate surface area is 603 Å². The standard InChI is InChI=1S/C15H13FO2.C15H15NO2.2C14H11Cl2NO2.C14H13NO2.2Na/c1-10(15(17)18)12-7-8-13(14(16)9-12)11-5-3-2-4-6-11;1-10-6-5-9-13(11(10)2)16-14-8-4-3-7-12(14)15(17)18;1-8-6-7-10(15)13(12(8)16)17-11-5-3-2-4-9(11)14(18)19;15-10-5-3-6-11(16)14(10)17-12-7-2-1-4-9(12)8-13(18)19;1-10-5-4-6-11(9-10)15-13-8-3-2-7-12(13)14(16)17;;/h2-10H,1H3,(H,17,18);3-9,16H,1-2H3,(H,17,18);2-7,17H,1H3,(H,18,19);1-7,17H,8H2,(H,18,19);2-9,15H,1H3,(H,16,17);;/q;;;;;2*+1/p-2. The van der Waals surface area contributed by atoms with Crippen molar-refractivity contribution in [1.82, 2.24) is 0 Å². The summed E-state index contributed by atoms with van der Waals surface area (Å²) >= 11 is 24.4. The molecule has 0 fully saturated rings. The van der Waals surface area contributed by atoms with Crippen LogP contribution in [0.1, 0.15) is 77.3 Å². The van der Waals surface area contributed by atoms with Gasteiger partial charge in [-0.2, -0.15) is 0 Å². The van der Waals surface area contributed by atoms with Crippen molar-refractivity contribution in [2.45, 2.75) is 47.0 Å². The fourth-order valence-corrected chi connectivity index (χ4v) is 9.60. The molecule has 0 amide bonds. The topological polar surface area (TPSA) is 240 Å². The molecule has 0 spiro atoms. The Balaban J connectivity index is 0.000000247. The number of carboxylic acid groups (broad SMARTS) is 5. The fourth-order valence-electron chi connectivity index (χ4n) is 8.64. The van der Waals surface area contributed by atoms with Crippen molar-refractivity contribution in [2.75, 3.05) is 21.3 Å². The van der Waals surface area contributed by atoms with Crippen LogP contribution in [0.15, 0.2) is 218 Å². The van der Waals surface area contributed by atoms with E-state index in [1.165, 1.54) is 17.7 Å². The summed E-state index contributed by atoms with van der Waals surface area (Å²) in [5.74, 6) is -6.32. The van der Waals surface area contributed by atoms with Gasteiger partial charge >= 0.3 is 77.0 Å². The average molecular weight is 1350 g/mol. The van der Waals surface area contributed by atoms with E-state index in [9.17, 15) is 38.6 Å². The molecule has 466 valence electrons. The van der Waals surface area contributed by atoms with Crippen LogP contribution < -0.4 is 90.6 Å². The minimum atomic E-state index is -1.26. The SMILES string of the molecule is CC(C(=O)O)c1ccc(-c2ccccc2)c(F)c1.Cc1ccc(Cl)c(Nc2ccccc2C(=O)[O-])c1Cl.Cc1cccc(Nc2ccccc2C(=O)O)c1.Cc1cccc(Nc2ccccc2C(=O)O)c1C.O=C([O-])Cc1ccccc1Nc1c(Cl)cccc1Cl.[Na+].[Na+]. The monoisotopic (exact) mass is 1350 g/mol. The minimum absolute atomic E-state index is 0. The molecule has 0 bridgehead atoms. The van der Waals surface area contributed by atoms with Gasteiger partial charge in [-0.1, -0.05) is 186 Å². The zero-order valence-electron chi connectivity index (χ0n) is 51.7. The Morgan fingerprint density at radius 3 is 1.51 bits per heavy atom. The van der Waals surface area contributed by atoms with Crippen molar-refractivity contribution < 1.29 is 113 Å². The second-order valence-corrected chi connectivity index (χ2v) is 21.8. The van der Waals surface area contributed by atoms with Gasteiger partial charge in [0, 0.05) is 46.3 Å². The summed E-state index contributed by atoms with van der Waals surface area (Å²) < 4.78 is 14.0. The molecule has 0 aromatic heterocycles. The second-order valence-electron chi connectivity index (χ2n) is 20.2. The summed E-state index contributed by atoms with van der Waals surface area (Å²) in [6.45, 7) is 9.42. The van der Waals surface area contributed by atoms with E-state index in [0.717, 1.165) is 33.6 Å². The van der Waals surface area contributed by atoms with Crippen LogP contribution in [0.5, 0.6) is 0 Å². The molecule has 0 radical (unpaired) electrons. The molecule has 0 saturated carbocycles. The molecule has 21 heteroatoms. The largest absolute Gasteiger partial charge is 1.00 e. The third kappa shape index (κ3) is 23.1. The van der Waals surface area contributed by atoms with E-state index < -0.39 is 41.6 Å². The molecule has 1 unspecified atom stereocenters. The van der Waals surface area contributed by atoms with Gasteiger partial charge in [-0.15, -0.1) is 0 Å². The van der Waals surface area contributed by atoms with Gasteiger partial charge in [-0.05, 0) is 152 Å². The number of rotatable bonds is 16. The summed E-state index contributed by atoms with van der Waals surface area (Å²) in [4.78, 5) is 54.8. The van der Waals surface area contributed by atoms with E-state index in [1.807, 2.05) is 113 Å². The first-order valence-corrected chi connectivity index (χ1v) is 29.3. The van der Waals surface area contributed by atoms with E-state index in [-0.39, 0.29) is 82.2 Å². The molecule has 7 N–H and O–H groups in total. The van der Waals surface area contributed by atoms with Crippen LogP contribution in [0.3, 0.4) is 0 Å². The Kier molecular flexibility index (Phi) is 31.7. The number of nitrogens with one attached hydrogen (secondary N) is 4. The maximum Gasteiger partial charge on any atom is 1.00 e. The maximum atomic E-state index is 14.0. The first-order chi connectivity index (χ1) is 43.4. The van der Waals surface area contributed by atoms with Crippen LogP contribution in [-0.4, -0.2) is 45.2 Å². The molecule has 10 rings (SSSR count). The normalized spacial score (nSPS) is 10.3. The second kappa shape index (κ2) is 38.1. The van der Waals surface area contributed by atoms with Crippen LogP contribution in [-0.2, 0) is 16.0 Å². The predicted octanol–water partition coefficient (Wildman–Crippen LogP) is 11.3. The smallest absolute Gasteiger partial charge is 0.550 e. The molecule has 0 heterocycles. The molecule has 10 aromatic rings. The zero-order chi connectivity index (χ0) is 66.3. The first-order valence-electron chi connectivity index (χ1n) is 27.8. The fraction of sp³-hybridized carbons (Fsp3) is 0.0972. The number of anilines is 8. The van der Waals surface area contributed by atoms with E-state index in [4.69, 9.17) is 61.7 Å². The molecule has 1 atom stereocenters. The molecule has 10 aromatic carbocycles. The number of aromatic carboxylic acids is 3. The van der Waals surface area contributed by atoms with Crippen molar-refractivity contribution in [3.63, 3.8) is 0 Å². The molecular weight excluding hydrogens is 1290 g/mol. The van der Waals surface area contributed by atoms with Crippen molar-refractivity contribution >= 4 is 122 Å². The van der Waals surface area contributed by atoms with E-state index >= 15 is 0 Å². The van der Waals surface area contributed by atoms with Crippen LogP contribution in [0, 0.1) is 33.5 Å². The Morgan fingerprint density at radius 1 is 0.473 bits per heavy atom. The van der Waals surface area contributed by atoms with Gasteiger partial charge in [0.2, 0.25) is 0 Å². The number of aliphatic carboxylic acids is 2. The predicted molar refractivity (Wildman–Crippen MR) is 359 cm³/mol. The van der Waals surface area contributed by atoms with Gasteiger partial charge in [0.15, 0.2) is 0 Å². The number of carboxylic acids is 5. The molecule has 0 aliphatic carbocycles.